The summed E-state index contributed by atoms with van der Waals surface area (Å²) in [6.45, 7) is 13.1. The van der Waals surface area contributed by atoms with Crippen LogP contribution in [0.15, 0.2) is 78.9 Å². The Balaban J connectivity index is 1.65. The Morgan fingerprint density at radius 2 is 1.70 bits per heavy atom. The molecule has 5 heteroatoms. The number of ether oxygens (including phenoxy) is 1. The largest absolute Gasteiger partial charge is 0.444 e. The Kier molecular flexibility index (Phi) is 8.49. The second-order valence-corrected chi connectivity index (χ2v) is 11.9. The summed E-state index contributed by atoms with van der Waals surface area (Å²) in [7, 11) is 0. The van der Waals surface area contributed by atoms with Crippen LogP contribution in [0.2, 0.25) is 5.02 Å². The number of carbonyl (C=O) groups excluding carboxylic acids is 1. The van der Waals surface area contributed by atoms with Gasteiger partial charge in [-0.3, -0.25) is 0 Å². The van der Waals surface area contributed by atoms with Gasteiger partial charge in [-0.1, -0.05) is 80.0 Å². The Labute approximate surface area is 227 Å². The lowest BCUT2D eigenvalue weighted by molar-refractivity contribution is 0.0287. The molecule has 0 radical (unpaired) electrons. The molecule has 1 heterocycles. The SMILES string of the molecule is CC(C)c1cccc([C@@H]2CN(C(=O)OC(C)(C)C)C[C@H]2CN(Cc2ccccc2)c2ccc(Cl)cc2)c1. The zero-order valence-corrected chi connectivity index (χ0v) is 23.4. The normalized spacial score (nSPS) is 17.8. The average molecular weight is 519 g/mol. The molecule has 0 saturated carbocycles. The van der Waals surface area contributed by atoms with Gasteiger partial charge in [0.2, 0.25) is 0 Å². The van der Waals surface area contributed by atoms with Crippen LogP contribution in [-0.2, 0) is 11.3 Å². The second-order valence-electron chi connectivity index (χ2n) is 11.4. The minimum atomic E-state index is -0.523. The molecule has 4 nitrogen and oxygen atoms in total. The van der Waals surface area contributed by atoms with E-state index in [1.54, 1.807) is 0 Å². The second kappa shape index (κ2) is 11.6. The maximum absolute atomic E-state index is 13.1. The van der Waals surface area contributed by atoms with Crippen molar-refractivity contribution in [1.82, 2.24) is 4.90 Å². The smallest absolute Gasteiger partial charge is 0.410 e. The molecule has 37 heavy (non-hydrogen) atoms. The first-order valence-electron chi connectivity index (χ1n) is 13.2. The molecule has 0 aromatic heterocycles. The molecule has 196 valence electrons. The molecule has 1 aliphatic heterocycles. The molecular formula is C32H39ClN2O2. The first-order valence-corrected chi connectivity index (χ1v) is 13.6. The van der Waals surface area contributed by atoms with Gasteiger partial charge in [-0.25, -0.2) is 4.79 Å². The van der Waals surface area contributed by atoms with E-state index in [9.17, 15) is 4.79 Å². The van der Waals surface area contributed by atoms with Crippen LogP contribution >= 0.6 is 11.6 Å². The lowest BCUT2D eigenvalue weighted by atomic mass is 9.86. The fourth-order valence-corrected chi connectivity index (χ4v) is 5.18. The third-order valence-corrected chi connectivity index (χ3v) is 7.21. The van der Waals surface area contributed by atoms with E-state index in [1.807, 2.05) is 43.9 Å². The summed E-state index contributed by atoms with van der Waals surface area (Å²) in [6, 6.07) is 27.5. The summed E-state index contributed by atoms with van der Waals surface area (Å²) in [4.78, 5) is 17.4. The number of carbonyl (C=O) groups is 1. The number of amides is 1. The first-order chi connectivity index (χ1) is 17.6. The zero-order valence-electron chi connectivity index (χ0n) is 22.7. The summed E-state index contributed by atoms with van der Waals surface area (Å²) < 4.78 is 5.77. The van der Waals surface area contributed by atoms with Crippen molar-refractivity contribution in [2.75, 3.05) is 24.5 Å². The molecule has 1 aliphatic rings. The van der Waals surface area contributed by atoms with E-state index in [1.165, 1.54) is 16.7 Å². The van der Waals surface area contributed by atoms with Crippen molar-refractivity contribution < 1.29 is 9.53 Å². The highest BCUT2D eigenvalue weighted by Gasteiger charge is 2.39. The van der Waals surface area contributed by atoms with Gasteiger partial charge in [-0.2, -0.15) is 0 Å². The minimum absolute atomic E-state index is 0.219. The van der Waals surface area contributed by atoms with Crippen molar-refractivity contribution in [2.24, 2.45) is 5.92 Å². The van der Waals surface area contributed by atoms with Crippen LogP contribution in [0.1, 0.15) is 63.1 Å². The van der Waals surface area contributed by atoms with E-state index in [4.69, 9.17) is 16.3 Å². The van der Waals surface area contributed by atoms with Crippen molar-refractivity contribution in [3.8, 4) is 0 Å². The Morgan fingerprint density at radius 3 is 2.35 bits per heavy atom. The number of hydrogen-bond acceptors (Lipinski definition) is 3. The van der Waals surface area contributed by atoms with Crippen LogP contribution < -0.4 is 4.90 Å². The van der Waals surface area contributed by atoms with Crippen molar-refractivity contribution >= 4 is 23.4 Å². The number of anilines is 1. The molecule has 0 spiro atoms. The van der Waals surface area contributed by atoms with Gasteiger partial charge in [-0.05, 0) is 67.6 Å². The van der Waals surface area contributed by atoms with Crippen LogP contribution in [-0.4, -0.2) is 36.2 Å². The topological polar surface area (TPSA) is 32.8 Å². The van der Waals surface area contributed by atoms with Gasteiger partial charge in [0.1, 0.15) is 5.60 Å². The molecule has 0 bridgehead atoms. The summed E-state index contributed by atoms with van der Waals surface area (Å²) >= 11 is 6.22. The molecule has 2 atom stereocenters. The van der Waals surface area contributed by atoms with E-state index in [-0.39, 0.29) is 17.9 Å². The lowest BCUT2D eigenvalue weighted by Gasteiger charge is -2.30. The summed E-state index contributed by atoms with van der Waals surface area (Å²) in [6.07, 6.45) is -0.235. The molecule has 1 fully saturated rings. The summed E-state index contributed by atoms with van der Waals surface area (Å²) in [5, 5.41) is 0.726. The van der Waals surface area contributed by atoms with Crippen molar-refractivity contribution in [3.63, 3.8) is 0 Å². The van der Waals surface area contributed by atoms with Crippen LogP contribution in [0.25, 0.3) is 0 Å². The van der Waals surface area contributed by atoms with Crippen molar-refractivity contribution in [3.05, 3.63) is 101 Å². The molecule has 1 amide bonds. The van der Waals surface area contributed by atoms with E-state index < -0.39 is 5.60 Å². The number of rotatable bonds is 7. The zero-order chi connectivity index (χ0) is 26.6. The Bertz CT molecular complexity index is 1170. The fraction of sp³-hybridized carbons (Fsp3) is 0.406. The minimum Gasteiger partial charge on any atom is -0.444 e. The Morgan fingerprint density at radius 1 is 1.00 bits per heavy atom. The molecular weight excluding hydrogens is 480 g/mol. The van der Waals surface area contributed by atoms with E-state index in [0.717, 1.165) is 23.8 Å². The molecule has 0 N–H and O–H groups in total. The Hall–Kier alpha value is -2.98. The van der Waals surface area contributed by atoms with Crippen LogP contribution in [0.3, 0.4) is 0 Å². The number of likely N-dealkylation sites (tertiary alicyclic amines) is 1. The summed E-state index contributed by atoms with van der Waals surface area (Å²) in [5.74, 6) is 0.913. The number of nitrogens with zero attached hydrogens (tertiary/aromatic N) is 2. The maximum Gasteiger partial charge on any atom is 0.410 e. The molecule has 3 aromatic rings. The molecule has 4 rings (SSSR count). The standard InChI is InChI=1S/C32H39ClN2O2/c1-23(2)25-12-9-13-26(18-25)30-22-35(31(36)37-32(3,4)5)21-27(30)20-34(19-24-10-7-6-8-11-24)29-16-14-28(33)15-17-29/h6-18,23,27,30H,19-22H2,1-5H3/t27-,30+/m1/s1. The molecule has 0 aliphatic carbocycles. The van der Waals surface area contributed by atoms with Gasteiger partial charge in [0.15, 0.2) is 0 Å². The van der Waals surface area contributed by atoms with Crippen LogP contribution in [0, 0.1) is 5.92 Å². The van der Waals surface area contributed by atoms with Gasteiger partial charge >= 0.3 is 6.09 Å². The average Bonchev–Trinajstić information content (AvgIpc) is 3.28. The third kappa shape index (κ3) is 7.29. The van der Waals surface area contributed by atoms with Gasteiger partial charge in [0.25, 0.3) is 0 Å². The lowest BCUT2D eigenvalue weighted by Crippen LogP contribution is -2.36. The number of hydrogen-bond donors (Lipinski definition) is 0. The first kappa shape index (κ1) is 27.1. The van der Waals surface area contributed by atoms with Crippen molar-refractivity contribution in [2.45, 2.75) is 58.6 Å². The molecule has 3 aromatic carbocycles. The molecule has 1 saturated heterocycles. The van der Waals surface area contributed by atoms with Crippen LogP contribution in [0.4, 0.5) is 10.5 Å². The summed E-state index contributed by atoms with van der Waals surface area (Å²) in [5.41, 5.74) is 4.46. The van der Waals surface area contributed by atoms with Crippen LogP contribution in [0.5, 0.6) is 0 Å². The highest BCUT2D eigenvalue weighted by molar-refractivity contribution is 6.30. The fourth-order valence-electron chi connectivity index (χ4n) is 5.06. The quantitative estimate of drug-likeness (QED) is 0.316. The number of halogens is 1. The van der Waals surface area contributed by atoms with Gasteiger partial charge in [0.05, 0.1) is 0 Å². The highest BCUT2D eigenvalue weighted by Crippen LogP contribution is 2.36. The predicted octanol–water partition coefficient (Wildman–Crippen LogP) is 8.12. The third-order valence-electron chi connectivity index (χ3n) is 6.96. The van der Waals surface area contributed by atoms with Crippen molar-refractivity contribution in [1.29, 1.82) is 0 Å². The monoisotopic (exact) mass is 518 g/mol. The highest BCUT2D eigenvalue weighted by atomic mass is 35.5. The van der Waals surface area contributed by atoms with Gasteiger partial charge < -0.3 is 14.5 Å². The van der Waals surface area contributed by atoms with Gasteiger partial charge in [0, 0.05) is 48.7 Å². The predicted molar refractivity (Wildman–Crippen MR) is 154 cm³/mol. The maximum atomic E-state index is 13.1. The van der Waals surface area contributed by atoms with E-state index >= 15 is 0 Å². The van der Waals surface area contributed by atoms with E-state index in [0.29, 0.717) is 19.0 Å². The number of benzene rings is 3. The van der Waals surface area contributed by atoms with E-state index in [2.05, 4.69) is 79.4 Å². The van der Waals surface area contributed by atoms with Gasteiger partial charge in [-0.15, -0.1) is 0 Å². The molecule has 0 unspecified atom stereocenters.